The van der Waals surface area contributed by atoms with Gasteiger partial charge in [-0.15, -0.1) is 0 Å². The van der Waals surface area contributed by atoms with Crippen molar-refractivity contribution in [2.75, 3.05) is 5.32 Å². The molecular formula is C24H19F3N4O3. The lowest BCUT2D eigenvalue weighted by molar-refractivity contribution is -0.138. The average Bonchev–Trinajstić information content (AvgIpc) is 3.27. The summed E-state index contributed by atoms with van der Waals surface area (Å²) in [6.45, 7) is 1.75. The number of aromatic nitrogens is 3. The number of benzene rings is 2. The summed E-state index contributed by atoms with van der Waals surface area (Å²) >= 11 is 0. The number of carboxylic acid groups (broad SMARTS) is 1. The molecule has 174 valence electrons. The second-order valence-corrected chi connectivity index (χ2v) is 7.69. The van der Waals surface area contributed by atoms with Crippen molar-refractivity contribution in [2.45, 2.75) is 25.9 Å². The van der Waals surface area contributed by atoms with Crippen LogP contribution >= 0.6 is 0 Å². The van der Waals surface area contributed by atoms with Gasteiger partial charge in [0, 0.05) is 41.3 Å². The smallest absolute Gasteiger partial charge is 0.416 e. The molecule has 0 atom stereocenters. The summed E-state index contributed by atoms with van der Waals surface area (Å²) in [5.74, 6) is -0.801. The van der Waals surface area contributed by atoms with E-state index in [9.17, 15) is 22.8 Å². The summed E-state index contributed by atoms with van der Waals surface area (Å²) < 4.78 is 39.8. The predicted molar refractivity (Wildman–Crippen MR) is 118 cm³/mol. The minimum absolute atomic E-state index is 0.112. The van der Waals surface area contributed by atoms with Gasteiger partial charge in [0.1, 0.15) is 11.5 Å². The first-order valence-electron chi connectivity index (χ1n) is 10.2. The summed E-state index contributed by atoms with van der Waals surface area (Å²) in [7, 11) is 0. The van der Waals surface area contributed by atoms with Crippen LogP contribution < -0.4 is 5.32 Å². The molecule has 10 heteroatoms. The number of nitrogens with one attached hydrogen (secondary N) is 1. The number of imidazole rings is 1. The van der Waals surface area contributed by atoms with E-state index in [4.69, 9.17) is 5.11 Å². The molecule has 4 aromatic rings. The lowest BCUT2D eigenvalue weighted by Crippen LogP contribution is -2.13. The number of anilines is 1. The number of carbonyl (C=O) groups is 2. The van der Waals surface area contributed by atoms with Crippen LogP contribution in [-0.4, -0.2) is 31.4 Å². The fourth-order valence-electron chi connectivity index (χ4n) is 3.60. The van der Waals surface area contributed by atoms with Crippen molar-refractivity contribution in [3.8, 4) is 0 Å². The molecule has 34 heavy (non-hydrogen) atoms. The highest BCUT2D eigenvalue weighted by Gasteiger charge is 2.30. The Bertz CT molecular complexity index is 1360. The van der Waals surface area contributed by atoms with E-state index in [1.165, 1.54) is 0 Å². The molecule has 0 aliphatic rings. The number of aryl methyl sites for hydroxylation is 1. The van der Waals surface area contributed by atoms with Crippen LogP contribution in [0, 0.1) is 6.92 Å². The van der Waals surface area contributed by atoms with Crippen LogP contribution in [0.2, 0.25) is 0 Å². The molecule has 2 aromatic carbocycles. The fourth-order valence-corrected chi connectivity index (χ4v) is 3.60. The number of aliphatic carboxylic acids is 1. The third kappa shape index (κ3) is 4.90. The van der Waals surface area contributed by atoms with E-state index in [1.807, 2.05) is 0 Å². The standard InChI is InChI=1S/C24H19F3N4O3/c1-14-19(13-21(32)33)22-28-10-11-31(22)20(29-14)12-15-2-8-18(9-3-15)30-23(34)16-4-6-17(7-5-16)24(25,26)27/h2-11H,12-13H2,1H3,(H,30,34)(H,32,33). The quantitative estimate of drug-likeness (QED) is 0.434. The van der Waals surface area contributed by atoms with E-state index >= 15 is 0 Å². The number of amides is 1. The number of halogens is 3. The maximum absolute atomic E-state index is 12.7. The van der Waals surface area contributed by atoms with Gasteiger partial charge in [0.15, 0.2) is 0 Å². The largest absolute Gasteiger partial charge is 0.481 e. The van der Waals surface area contributed by atoms with Crippen molar-refractivity contribution >= 4 is 23.2 Å². The second kappa shape index (κ2) is 8.97. The number of hydrogen-bond acceptors (Lipinski definition) is 4. The number of carbonyl (C=O) groups excluding carboxylic acids is 1. The van der Waals surface area contributed by atoms with Gasteiger partial charge in [0.05, 0.1) is 12.0 Å². The van der Waals surface area contributed by atoms with Gasteiger partial charge in [-0.3, -0.25) is 14.0 Å². The summed E-state index contributed by atoms with van der Waals surface area (Å²) in [5, 5.41) is 11.8. The summed E-state index contributed by atoms with van der Waals surface area (Å²) in [6, 6.07) is 11.0. The Balaban J connectivity index is 1.48. The summed E-state index contributed by atoms with van der Waals surface area (Å²) in [4.78, 5) is 32.4. The number of carboxylic acids is 1. The van der Waals surface area contributed by atoms with Gasteiger partial charge in [-0.1, -0.05) is 12.1 Å². The van der Waals surface area contributed by atoms with E-state index < -0.39 is 23.6 Å². The van der Waals surface area contributed by atoms with E-state index in [0.717, 1.165) is 29.8 Å². The molecule has 0 aliphatic heterocycles. The van der Waals surface area contributed by atoms with Crippen molar-refractivity contribution < 1.29 is 27.9 Å². The molecule has 0 radical (unpaired) electrons. The molecule has 7 nitrogen and oxygen atoms in total. The van der Waals surface area contributed by atoms with E-state index in [2.05, 4.69) is 15.3 Å². The number of alkyl halides is 3. The zero-order valence-electron chi connectivity index (χ0n) is 17.9. The minimum atomic E-state index is -4.46. The van der Waals surface area contributed by atoms with Crippen molar-refractivity contribution in [3.63, 3.8) is 0 Å². The van der Waals surface area contributed by atoms with Gasteiger partial charge in [-0.2, -0.15) is 13.2 Å². The van der Waals surface area contributed by atoms with Crippen LogP contribution in [0.3, 0.4) is 0 Å². The molecule has 0 spiro atoms. The molecule has 2 N–H and O–H groups in total. The van der Waals surface area contributed by atoms with Crippen molar-refractivity contribution in [2.24, 2.45) is 0 Å². The zero-order chi connectivity index (χ0) is 24.5. The Hall–Kier alpha value is -4.21. The maximum atomic E-state index is 12.7. The highest BCUT2D eigenvalue weighted by molar-refractivity contribution is 6.04. The van der Waals surface area contributed by atoms with Crippen LogP contribution in [0.1, 0.15) is 38.6 Å². The molecule has 2 heterocycles. The first-order chi connectivity index (χ1) is 16.1. The Morgan fingerprint density at radius 1 is 1.06 bits per heavy atom. The van der Waals surface area contributed by atoms with Gasteiger partial charge in [0.25, 0.3) is 5.91 Å². The highest BCUT2D eigenvalue weighted by Crippen LogP contribution is 2.29. The topological polar surface area (TPSA) is 96.6 Å². The fraction of sp³-hybridized carbons (Fsp3) is 0.167. The van der Waals surface area contributed by atoms with Crippen LogP contribution in [0.25, 0.3) is 5.65 Å². The van der Waals surface area contributed by atoms with Gasteiger partial charge < -0.3 is 10.4 Å². The number of nitrogens with zero attached hydrogens (tertiary/aromatic N) is 3. The van der Waals surface area contributed by atoms with Crippen LogP contribution in [0.5, 0.6) is 0 Å². The normalized spacial score (nSPS) is 11.5. The van der Waals surface area contributed by atoms with Gasteiger partial charge in [-0.25, -0.2) is 9.97 Å². The minimum Gasteiger partial charge on any atom is -0.481 e. The first-order valence-corrected chi connectivity index (χ1v) is 10.2. The van der Waals surface area contributed by atoms with E-state index in [1.54, 1.807) is 48.0 Å². The third-order valence-electron chi connectivity index (χ3n) is 5.30. The van der Waals surface area contributed by atoms with Crippen molar-refractivity contribution in [1.29, 1.82) is 0 Å². The number of rotatable bonds is 6. The third-order valence-corrected chi connectivity index (χ3v) is 5.30. The number of hydrogen-bond donors (Lipinski definition) is 2. The molecule has 2 aromatic heterocycles. The Labute approximate surface area is 191 Å². The van der Waals surface area contributed by atoms with E-state index in [-0.39, 0.29) is 12.0 Å². The van der Waals surface area contributed by atoms with Crippen molar-refractivity contribution in [3.05, 3.63) is 94.7 Å². The monoisotopic (exact) mass is 468 g/mol. The van der Waals surface area contributed by atoms with Gasteiger partial charge in [0.2, 0.25) is 0 Å². The molecule has 4 rings (SSSR count). The Kier molecular flexibility index (Phi) is 6.06. The van der Waals surface area contributed by atoms with E-state index in [0.29, 0.717) is 34.8 Å². The van der Waals surface area contributed by atoms with Gasteiger partial charge >= 0.3 is 12.1 Å². The molecular weight excluding hydrogens is 449 g/mol. The Morgan fingerprint density at radius 2 is 1.74 bits per heavy atom. The lowest BCUT2D eigenvalue weighted by atomic mass is 10.1. The molecule has 0 fully saturated rings. The van der Waals surface area contributed by atoms with Crippen LogP contribution in [0.4, 0.5) is 18.9 Å². The lowest BCUT2D eigenvalue weighted by Gasteiger charge is -2.12. The molecule has 0 aliphatic carbocycles. The maximum Gasteiger partial charge on any atom is 0.416 e. The Morgan fingerprint density at radius 3 is 2.35 bits per heavy atom. The molecule has 1 amide bonds. The van der Waals surface area contributed by atoms with Gasteiger partial charge in [-0.05, 0) is 48.9 Å². The molecule has 0 saturated carbocycles. The summed E-state index contributed by atoms with van der Waals surface area (Å²) in [6.07, 6.45) is -0.884. The predicted octanol–water partition coefficient (Wildman–Crippen LogP) is 4.53. The second-order valence-electron chi connectivity index (χ2n) is 7.69. The highest BCUT2D eigenvalue weighted by atomic mass is 19.4. The molecule has 0 saturated heterocycles. The molecule has 0 bridgehead atoms. The SMILES string of the molecule is Cc1nc(Cc2ccc(NC(=O)c3ccc(C(F)(F)F)cc3)cc2)n2ccnc2c1CC(=O)O. The average molecular weight is 468 g/mol. The summed E-state index contributed by atoms with van der Waals surface area (Å²) in [5.41, 5.74) is 2.37. The number of fused-ring (bicyclic) bond motifs is 1. The van der Waals surface area contributed by atoms with Crippen LogP contribution in [-0.2, 0) is 23.8 Å². The zero-order valence-corrected chi connectivity index (χ0v) is 17.9. The van der Waals surface area contributed by atoms with Crippen molar-refractivity contribution in [1.82, 2.24) is 14.4 Å². The first kappa shape index (κ1) is 23.0. The van der Waals surface area contributed by atoms with Crippen LogP contribution in [0.15, 0.2) is 60.9 Å². The molecule has 0 unspecified atom stereocenters.